The quantitative estimate of drug-likeness (QED) is 0.572. The summed E-state index contributed by atoms with van der Waals surface area (Å²) in [6, 6.07) is 2.88. The number of amides is 1. The summed E-state index contributed by atoms with van der Waals surface area (Å²) in [4.78, 5) is 10.7. The molecule has 1 aromatic rings. The lowest BCUT2D eigenvalue weighted by atomic mass is 10.1. The van der Waals surface area contributed by atoms with E-state index in [1.54, 1.807) is 0 Å². The van der Waals surface area contributed by atoms with Gasteiger partial charge in [-0.05, 0) is 19.1 Å². The van der Waals surface area contributed by atoms with E-state index in [2.05, 4.69) is 5.32 Å². The van der Waals surface area contributed by atoms with Crippen LogP contribution in [0.2, 0.25) is 0 Å². The summed E-state index contributed by atoms with van der Waals surface area (Å²) in [6.45, 7) is 1.29. The van der Waals surface area contributed by atoms with Crippen LogP contribution < -0.4 is 10.8 Å². The number of hydroxylamine groups is 1. The van der Waals surface area contributed by atoms with Gasteiger partial charge in [0.25, 0.3) is 5.91 Å². The maximum Gasteiger partial charge on any atom is 0.257 e. The van der Waals surface area contributed by atoms with E-state index >= 15 is 0 Å². The van der Waals surface area contributed by atoms with Crippen LogP contribution in [0.1, 0.15) is 18.5 Å². The van der Waals surface area contributed by atoms with Crippen molar-refractivity contribution in [1.29, 1.82) is 0 Å². The largest absolute Gasteiger partial charge is 0.301 e. The second kappa shape index (κ2) is 7.16. The Balaban J connectivity index is 0.00000256. The number of benzene rings is 1. The zero-order valence-corrected chi connectivity index (χ0v) is 9.85. The molecule has 0 fully saturated rings. The number of rotatable bonds is 4. The lowest BCUT2D eigenvalue weighted by Gasteiger charge is -2.14. The van der Waals surface area contributed by atoms with Gasteiger partial charge in [0.05, 0.1) is 6.54 Å². The van der Waals surface area contributed by atoms with E-state index in [1.807, 2.05) is 0 Å². The molecule has 1 amide bonds. The van der Waals surface area contributed by atoms with Crippen LogP contribution in [0.15, 0.2) is 18.2 Å². The molecule has 0 saturated heterocycles. The average Bonchev–Trinajstić information content (AvgIpc) is 2.25. The third-order valence-corrected chi connectivity index (χ3v) is 2.13. The minimum Gasteiger partial charge on any atom is -0.301 e. The van der Waals surface area contributed by atoms with E-state index in [9.17, 15) is 13.6 Å². The Labute approximate surface area is 103 Å². The summed E-state index contributed by atoms with van der Waals surface area (Å²) in [5.41, 5.74) is 1.28. The van der Waals surface area contributed by atoms with Crippen molar-refractivity contribution in [3.05, 3.63) is 35.4 Å². The molecule has 1 unspecified atom stereocenters. The number of hydrogen-bond donors (Lipinski definition) is 3. The molecular weight excluding hydrogens is 254 g/mol. The molecule has 0 radical (unpaired) electrons. The minimum absolute atomic E-state index is 0. The summed E-state index contributed by atoms with van der Waals surface area (Å²) in [7, 11) is 0. The van der Waals surface area contributed by atoms with Crippen molar-refractivity contribution in [3.63, 3.8) is 0 Å². The van der Waals surface area contributed by atoms with Gasteiger partial charge >= 0.3 is 0 Å². The van der Waals surface area contributed by atoms with Gasteiger partial charge in [0, 0.05) is 11.6 Å². The Hall–Kier alpha value is -1.24. The van der Waals surface area contributed by atoms with Gasteiger partial charge in [-0.15, -0.1) is 12.4 Å². The number of nitrogens with one attached hydrogen (secondary N) is 2. The zero-order valence-electron chi connectivity index (χ0n) is 9.04. The van der Waals surface area contributed by atoms with Crippen LogP contribution in [0.5, 0.6) is 0 Å². The number of hydrogen-bond acceptors (Lipinski definition) is 3. The van der Waals surface area contributed by atoms with Gasteiger partial charge in [-0.1, -0.05) is 6.07 Å². The maximum absolute atomic E-state index is 13.3. The summed E-state index contributed by atoms with van der Waals surface area (Å²) in [5.74, 6) is -2.03. The van der Waals surface area contributed by atoms with Gasteiger partial charge in [-0.3, -0.25) is 10.0 Å². The predicted octanol–water partition coefficient (Wildman–Crippen LogP) is 1.54. The fourth-order valence-corrected chi connectivity index (χ4v) is 1.31. The van der Waals surface area contributed by atoms with Crippen LogP contribution in [0, 0.1) is 11.6 Å². The molecule has 3 N–H and O–H groups in total. The zero-order chi connectivity index (χ0) is 12.1. The Kier molecular flexibility index (Phi) is 6.64. The third kappa shape index (κ3) is 4.26. The normalized spacial score (nSPS) is 11.5. The third-order valence-electron chi connectivity index (χ3n) is 2.13. The smallest absolute Gasteiger partial charge is 0.257 e. The molecule has 0 aromatic heterocycles. The van der Waals surface area contributed by atoms with Crippen molar-refractivity contribution in [2.24, 2.45) is 0 Å². The van der Waals surface area contributed by atoms with Crippen LogP contribution in [0.3, 0.4) is 0 Å². The number of carbonyl (C=O) groups excluding carboxylic acids is 1. The van der Waals surface area contributed by atoms with Crippen LogP contribution >= 0.6 is 12.4 Å². The summed E-state index contributed by atoms with van der Waals surface area (Å²) < 4.78 is 26.6. The van der Waals surface area contributed by atoms with E-state index in [4.69, 9.17) is 5.21 Å². The van der Waals surface area contributed by atoms with Crippen LogP contribution in [-0.4, -0.2) is 17.7 Å². The molecule has 96 valence electrons. The molecule has 1 aromatic carbocycles. The molecular formula is C10H13ClF2N2O2. The van der Waals surface area contributed by atoms with Crippen molar-refractivity contribution >= 4 is 18.3 Å². The van der Waals surface area contributed by atoms with E-state index in [1.165, 1.54) is 18.5 Å². The van der Waals surface area contributed by atoms with Gasteiger partial charge in [0.1, 0.15) is 11.6 Å². The minimum atomic E-state index is -0.677. The summed E-state index contributed by atoms with van der Waals surface area (Å²) in [5, 5.41) is 10.8. The molecule has 0 aliphatic carbocycles. The Morgan fingerprint density at radius 2 is 1.94 bits per heavy atom. The standard InChI is InChI=1S/C10H12F2N2O2.ClH/c1-6(13-5-9(15)14-16)10-7(11)3-2-4-8(10)12;/h2-4,6,13,16H,5H2,1H3,(H,14,15);1H. The van der Waals surface area contributed by atoms with Gasteiger partial charge in [0.2, 0.25) is 0 Å². The highest BCUT2D eigenvalue weighted by Gasteiger charge is 2.16. The highest BCUT2D eigenvalue weighted by Crippen LogP contribution is 2.19. The molecule has 7 heteroatoms. The summed E-state index contributed by atoms with van der Waals surface area (Å²) in [6.07, 6.45) is 0. The Morgan fingerprint density at radius 1 is 1.41 bits per heavy atom. The number of halogens is 3. The van der Waals surface area contributed by atoms with Gasteiger partial charge < -0.3 is 5.32 Å². The molecule has 0 aliphatic heterocycles. The van der Waals surface area contributed by atoms with Crippen LogP contribution in [-0.2, 0) is 4.79 Å². The van der Waals surface area contributed by atoms with E-state index in [0.717, 1.165) is 12.1 Å². The molecule has 0 spiro atoms. The molecule has 4 nitrogen and oxygen atoms in total. The number of carbonyl (C=O) groups is 1. The first-order chi connectivity index (χ1) is 7.56. The van der Waals surface area contributed by atoms with E-state index in [0.29, 0.717) is 0 Å². The SMILES string of the molecule is CC(NCC(=O)NO)c1c(F)cccc1F.Cl. The highest BCUT2D eigenvalue weighted by atomic mass is 35.5. The second-order valence-corrected chi connectivity index (χ2v) is 3.27. The first-order valence-corrected chi connectivity index (χ1v) is 4.66. The fraction of sp³-hybridized carbons (Fsp3) is 0.300. The van der Waals surface area contributed by atoms with Gasteiger partial charge in [-0.25, -0.2) is 14.3 Å². The lowest BCUT2D eigenvalue weighted by molar-refractivity contribution is -0.128. The average molecular weight is 267 g/mol. The first-order valence-electron chi connectivity index (χ1n) is 4.66. The van der Waals surface area contributed by atoms with Crippen molar-refractivity contribution in [2.75, 3.05) is 6.54 Å². The molecule has 0 bridgehead atoms. The molecule has 0 aliphatic rings. The highest BCUT2D eigenvalue weighted by molar-refractivity contribution is 5.85. The van der Waals surface area contributed by atoms with Crippen LogP contribution in [0.4, 0.5) is 8.78 Å². The van der Waals surface area contributed by atoms with E-state index in [-0.39, 0.29) is 24.5 Å². The Morgan fingerprint density at radius 3 is 2.41 bits per heavy atom. The molecule has 0 heterocycles. The van der Waals surface area contributed by atoms with Crippen molar-refractivity contribution < 1.29 is 18.8 Å². The van der Waals surface area contributed by atoms with Crippen molar-refractivity contribution in [3.8, 4) is 0 Å². The Bertz CT molecular complexity index is 370. The topological polar surface area (TPSA) is 61.4 Å². The van der Waals surface area contributed by atoms with Gasteiger partial charge in [-0.2, -0.15) is 0 Å². The second-order valence-electron chi connectivity index (χ2n) is 3.27. The summed E-state index contributed by atoms with van der Waals surface area (Å²) >= 11 is 0. The monoisotopic (exact) mass is 266 g/mol. The van der Waals surface area contributed by atoms with Crippen molar-refractivity contribution in [2.45, 2.75) is 13.0 Å². The molecule has 1 rings (SSSR count). The fourth-order valence-electron chi connectivity index (χ4n) is 1.31. The molecule has 17 heavy (non-hydrogen) atoms. The maximum atomic E-state index is 13.3. The van der Waals surface area contributed by atoms with Crippen molar-refractivity contribution in [1.82, 2.24) is 10.8 Å². The van der Waals surface area contributed by atoms with Gasteiger partial charge in [0.15, 0.2) is 0 Å². The molecule has 1 atom stereocenters. The predicted molar refractivity (Wildman–Crippen MR) is 60.0 cm³/mol. The van der Waals surface area contributed by atoms with E-state index < -0.39 is 23.6 Å². The lowest BCUT2D eigenvalue weighted by Crippen LogP contribution is -2.33. The molecule has 0 saturated carbocycles. The first kappa shape index (κ1) is 15.8. The van der Waals surface area contributed by atoms with Crippen LogP contribution in [0.25, 0.3) is 0 Å².